The van der Waals surface area contributed by atoms with Gasteiger partial charge in [-0.3, -0.25) is 18.7 Å². The van der Waals surface area contributed by atoms with Crippen LogP contribution in [-0.4, -0.2) is 24.5 Å². The number of aryl methyl sites for hydroxylation is 3. The van der Waals surface area contributed by atoms with Crippen molar-refractivity contribution in [2.75, 3.05) is 0 Å². The standard InChI is InChI=1S/C19H22N4O3/c1-10-7-11(2)13(4)15(12(10)3)14(24)8-23-9-20-17-16(23)18(25)22(6)19(26)21(17)5/h7,9H,8H2,1-6H3. The molecule has 0 fully saturated rings. The van der Waals surface area contributed by atoms with Crippen LogP contribution in [0.2, 0.25) is 0 Å². The quantitative estimate of drug-likeness (QED) is 0.669. The summed E-state index contributed by atoms with van der Waals surface area (Å²) < 4.78 is 3.86. The van der Waals surface area contributed by atoms with Crippen LogP contribution in [-0.2, 0) is 20.6 Å². The molecule has 7 heteroatoms. The molecule has 0 aliphatic heterocycles. The maximum absolute atomic E-state index is 13.0. The van der Waals surface area contributed by atoms with Crippen LogP contribution in [0.15, 0.2) is 22.0 Å². The summed E-state index contributed by atoms with van der Waals surface area (Å²) in [5, 5.41) is 0. The lowest BCUT2D eigenvalue weighted by atomic mass is 9.91. The highest BCUT2D eigenvalue weighted by Crippen LogP contribution is 2.23. The highest BCUT2D eigenvalue weighted by Gasteiger charge is 2.20. The Morgan fingerprint density at radius 3 is 2.15 bits per heavy atom. The van der Waals surface area contributed by atoms with Crippen LogP contribution >= 0.6 is 0 Å². The van der Waals surface area contributed by atoms with Gasteiger partial charge in [0.15, 0.2) is 16.9 Å². The summed E-state index contributed by atoms with van der Waals surface area (Å²) in [6.45, 7) is 7.83. The lowest BCUT2D eigenvalue weighted by Gasteiger charge is -2.15. The van der Waals surface area contributed by atoms with Gasteiger partial charge in [-0.15, -0.1) is 0 Å². The Morgan fingerprint density at radius 2 is 1.58 bits per heavy atom. The second-order valence-corrected chi connectivity index (χ2v) is 6.81. The highest BCUT2D eigenvalue weighted by molar-refractivity contribution is 5.99. The molecule has 0 saturated carbocycles. The Labute approximate surface area is 150 Å². The molecule has 0 spiro atoms. The van der Waals surface area contributed by atoms with E-state index in [4.69, 9.17) is 0 Å². The number of fused-ring (bicyclic) bond motifs is 1. The molecular weight excluding hydrogens is 332 g/mol. The van der Waals surface area contributed by atoms with Crippen LogP contribution in [0.25, 0.3) is 11.2 Å². The summed E-state index contributed by atoms with van der Waals surface area (Å²) in [5.74, 6) is -0.0815. The largest absolute Gasteiger partial charge is 0.332 e. The lowest BCUT2D eigenvalue weighted by molar-refractivity contribution is 0.0972. The van der Waals surface area contributed by atoms with Crippen molar-refractivity contribution in [3.63, 3.8) is 0 Å². The van der Waals surface area contributed by atoms with Crippen molar-refractivity contribution in [3.05, 3.63) is 61.0 Å². The average Bonchev–Trinajstić information content (AvgIpc) is 3.00. The minimum atomic E-state index is -0.456. The molecule has 0 unspecified atom stereocenters. The highest BCUT2D eigenvalue weighted by atomic mass is 16.2. The van der Waals surface area contributed by atoms with Crippen LogP contribution in [0, 0.1) is 27.7 Å². The van der Waals surface area contributed by atoms with E-state index in [1.165, 1.54) is 22.5 Å². The van der Waals surface area contributed by atoms with Gasteiger partial charge >= 0.3 is 5.69 Å². The maximum Gasteiger partial charge on any atom is 0.332 e. The van der Waals surface area contributed by atoms with E-state index in [0.29, 0.717) is 5.56 Å². The third kappa shape index (κ3) is 2.51. The molecule has 0 atom stereocenters. The molecule has 1 aromatic carbocycles. The molecule has 0 saturated heterocycles. The smallest absolute Gasteiger partial charge is 0.317 e. The number of hydrogen-bond donors (Lipinski definition) is 0. The fraction of sp³-hybridized carbons (Fsp3) is 0.368. The first-order chi connectivity index (χ1) is 12.1. The van der Waals surface area contributed by atoms with E-state index in [1.54, 1.807) is 7.05 Å². The van der Waals surface area contributed by atoms with Crippen LogP contribution in [0.4, 0.5) is 0 Å². The minimum Gasteiger partial charge on any atom is -0.317 e. The van der Waals surface area contributed by atoms with Crippen LogP contribution in [0.5, 0.6) is 0 Å². The van der Waals surface area contributed by atoms with Crippen molar-refractivity contribution in [2.24, 2.45) is 14.1 Å². The third-order valence-electron chi connectivity index (χ3n) is 5.18. The number of ketones is 1. The molecule has 3 aromatic rings. The van der Waals surface area contributed by atoms with Crippen molar-refractivity contribution in [1.82, 2.24) is 18.7 Å². The number of benzene rings is 1. The lowest BCUT2D eigenvalue weighted by Crippen LogP contribution is -2.37. The average molecular weight is 354 g/mol. The minimum absolute atomic E-state index is 0.00544. The summed E-state index contributed by atoms with van der Waals surface area (Å²) in [6, 6.07) is 2.07. The Kier molecular flexibility index (Phi) is 4.18. The van der Waals surface area contributed by atoms with Gasteiger partial charge in [0.05, 0.1) is 12.9 Å². The van der Waals surface area contributed by atoms with Crippen molar-refractivity contribution in [2.45, 2.75) is 34.2 Å². The van der Waals surface area contributed by atoms with E-state index < -0.39 is 11.2 Å². The van der Waals surface area contributed by atoms with Crippen LogP contribution in [0.3, 0.4) is 0 Å². The number of aromatic nitrogens is 4. The first kappa shape index (κ1) is 17.8. The van der Waals surface area contributed by atoms with Gasteiger partial charge in [0.2, 0.25) is 0 Å². The van der Waals surface area contributed by atoms with Crippen molar-refractivity contribution in [3.8, 4) is 0 Å². The van der Waals surface area contributed by atoms with Gasteiger partial charge in [0, 0.05) is 19.7 Å². The van der Waals surface area contributed by atoms with Gasteiger partial charge in [-0.1, -0.05) is 6.07 Å². The first-order valence-electron chi connectivity index (χ1n) is 8.36. The van der Waals surface area contributed by atoms with Crippen molar-refractivity contribution in [1.29, 1.82) is 0 Å². The van der Waals surface area contributed by atoms with Crippen molar-refractivity contribution >= 4 is 16.9 Å². The first-order valence-corrected chi connectivity index (χ1v) is 8.36. The normalized spacial score (nSPS) is 11.3. The number of carbonyl (C=O) groups excluding carboxylic acids is 1. The summed E-state index contributed by atoms with van der Waals surface area (Å²) in [4.78, 5) is 41.7. The van der Waals surface area contributed by atoms with E-state index in [2.05, 4.69) is 11.1 Å². The van der Waals surface area contributed by atoms with Crippen molar-refractivity contribution < 1.29 is 4.79 Å². The zero-order chi connectivity index (χ0) is 19.3. The van der Waals surface area contributed by atoms with E-state index in [1.807, 2.05) is 27.7 Å². The number of nitrogens with zero attached hydrogens (tertiary/aromatic N) is 4. The van der Waals surface area contributed by atoms with Gasteiger partial charge < -0.3 is 4.57 Å². The topological polar surface area (TPSA) is 78.9 Å². The van der Waals surface area contributed by atoms with Gasteiger partial charge in [-0.2, -0.15) is 0 Å². The fourth-order valence-electron chi connectivity index (χ4n) is 3.39. The monoisotopic (exact) mass is 354 g/mol. The molecule has 0 aliphatic rings. The summed E-state index contributed by atoms with van der Waals surface area (Å²) in [6.07, 6.45) is 1.44. The van der Waals surface area contributed by atoms with Gasteiger partial charge in [-0.05, 0) is 49.9 Å². The van der Waals surface area contributed by atoms with Gasteiger partial charge in [0.1, 0.15) is 0 Å². The Balaban J connectivity index is 2.16. The fourth-order valence-corrected chi connectivity index (χ4v) is 3.39. The second kappa shape index (κ2) is 6.09. The Morgan fingerprint density at radius 1 is 1.00 bits per heavy atom. The van der Waals surface area contributed by atoms with E-state index in [9.17, 15) is 14.4 Å². The maximum atomic E-state index is 13.0. The number of Topliss-reactive ketones (excluding diaryl/α,β-unsaturated/α-hetero) is 1. The molecule has 2 heterocycles. The van der Waals surface area contributed by atoms with E-state index >= 15 is 0 Å². The number of carbonyl (C=O) groups is 1. The van der Waals surface area contributed by atoms with Crippen LogP contribution < -0.4 is 11.2 Å². The molecule has 0 aliphatic carbocycles. The summed E-state index contributed by atoms with van der Waals surface area (Å²) in [7, 11) is 2.98. The SMILES string of the molecule is Cc1cc(C)c(C)c(C(=O)Cn2cnc3c2c(=O)n(C)c(=O)n3C)c1C. The molecule has 0 amide bonds. The molecule has 136 valence electrons. The van der Waals surface area contributed by atoms with E-state index in [-0.39, 0.29) is 23.5 Å². The molecule has 0 N–H and O–H groups in total. The number of imidazole rings is 1. The van der Waals surface area contributed by atoms with Gasteiger partial charge in [0.25, 0.3) is 5.56 Å². The van der Waals surface area contributed by atoms with Crippen LogP contribution in [0.1, 0.15) is 32.6 Å². The number of rotatable bonds is 3. The third-order valence-corrected chi connectivity index (χ3v) is 5.18. The Bertz CT molecular complexity index is 1150. The summed E-state index contributed by atoms with van der Waals surface area (Å²) in [5.41, 5.74) is 4.33. The Hall–Kier alpha value is -2.96. The predicted molar refractivity (Wildman–Crippen MR) is 99.9 cm³/mol. The molecule has 0 bridgehead atoms. The molecule has 26 heavy (non-hydrogen) atoms. The molecular formula is C19H22N4O3. The molecule has 7 nitrogen and oxygen atoms in total. The number of hydrogen-bond acceptors (Lipinski definition) is 4. The molecule has 2 aromatic heterocycles. The second-order valence-electron chi connectivity index (χ2n) is 6.81. The zero-order valence-electron chi connectivity index (χ0n) is 15.9. The summed E-state index contributed by atoms with van der Waals surface area (Å²) >= 11 is 0. The zero-order valence-corrected chi connectivity index (χ0v) is 15.9. The molecule has 0 radical (unpaired) electrons. The van der Waals surface area contributed by atoms with E-state index in [0.717, 1.165) is 26.8 Å². The van der Waals surface area contributed by atoms with Gasteiger partial charge in [-0.25, -0.2) is 9.78 Å². The molecule has 3 rings (SSSR count). The predicted octanol–water partition coefficient (Wildman–Crippen LogP) is 1.55.